The molecule has 1 heterocycles. The van der Waals surface area contributed by atoms with Gasteiger partial charge in [0.2, 0.25) is 10.0 Å². The fourth-order valence-electron chi connectivity index (χ4n) is 2.64. The summed E-state index contributed by atoms with van der Waals surface area (Å²) in [4.78, 5) is 12.3. The maximum atomic E-state index is 12.3. The number of furan rings is 1. The highest BCUT2D eigenvalue weighted by Gasteiger charge is 2.18. The first-order chi connectivity index (χ1) is 11.8. The van der Waals surface area contributed by atoms with Crippen LogP contribution in [-0.4, -0.2) is 51.6 Å². The van der Waals surface area contributed by atoms with E-state index in [0.717, 1.165) is 10.9 Å². The van der Waals surface area contributed by atoms with Gasteiger partial charge in [0.15, 0.2) is 5.76 Å². The van der Waals surface area contributed by atoms with E-state index in [9.17, 15) is 13.2 Å². The zero-order valence-electron chi connectivity index (χ0n) is 15.0. The molecule has 138 valence electrons. The van der Waals surface area contributed by atoms with Crippen molar-refractivity contribution in [3.8, 4) is 5.75 Å². The molecule has 0 aliphatic rings. The average molecular weight is 368 g/mol. The van der Waals surface area contributed by atoms with E-state index >= 15 is 0 Å². The molecule has 0 saturated heterocycles. The van der Waals surface area contributed by atoms with Crippen molar-refractivity contribution >= 4 is 26.9 Å². The maximum absolute atomic E-state index is 12.3. The normalized spacial score (nSPS) is 11.9. The van der Waals surface area contributed by atoms with Gasteiger partial charge < -0.3 is 14.5 Å². The van der Waals surface area contributed by atoms with E-state index in [1.54, 1.807) is 26.2 Å². The van der Waals surface area contributed by atoms with Crippen LogP contribution in [0, 0.1) is 6.92 Å². The van der Waals surface area contributed by atoms with E-state index in [-0.39, 0.29) is 11.7 Å². The molecule has 25 heavy (non-hydrogen) atoms. The number of aryl methyl sites for hydroxylation is 1. The summed E-state index contributed by atoms with van der Waals surface area (Å²) in [6.45, 7) is 4.75. The molecule has 1 aromatic carbocycles. The molecule has 0 bridgehead atoms. The van der Waals surface area contributed by atoms with E-state index in [1.807, 2.05) is 13.0 Å². The zero-order chi connectivity index (χ0) is 18.6. The quantitative estimate of drug-likeness (QED) is 0.721. The predicted molar refractivity (Wildman–Crippen MR) is 96.5 cm³/mol. The summed E-state index contributed by atoms with van der Waals surface area (Å²) in [5.41, 5.74) is 1.37. The van der Waals surface area contributed by atoms with Gasteiger partial charge in [-0.25, -0.2) is 12.7 Å². The van der Waals surface area contributed by atoms with Gasteiger partial charge in [0.1, 0.15) is 11.3 Å². The van der Waals surface area contributed by atoms with Crippen LogP contribution in [0.25, 0.3) is 11.0 Å². The Hall–Kier alpha value is -2.06. The molecule has 2 rings (SSSR count). The number of nitrogens with one attached hydrogen (secondary N) is 1. The molecule has 0 radical (unpaired) electrons. The topological polar surface area (TPSA) is 88.8 Å². The lowest BCUT2D eigenvalue weighted by Gasteiger charge is -2.17. The van der Waals surface area contributed by atoms with E-state index in [4.69, 9.17) is 9.15 Å². The summed E-state index contributed by atoms with van der Waals surface area (Å²) in [7, 11) is -1.62. The lowest BCUT2D eigenvalue weighted by atomic mass is 10.1. The van der Waals surface area contributed by atoms with E-state index in [2.05, 4.69) is 5.32 Å². The van der Waals surface area contributed by atoms with Crippen LogP contribution in [0.4, 0.5) is 0 Å². The first kappa shape index (κ1) is 19.3. The summed E-state index contributed by atoms with van der Waals surface area (Å²) in [5.74, 6) is 0.651. The van der Waals surface area contributed by atoms with Crippen LogP contribution < -0.4 is 10.1 Å². The van der Waals surface area contributed by atoms with Gasteiger partial charge in [-0.2, -0.15) is 0 Å². The van der Waals surface area contributed by atoms with E-state index in [1.165, 1.54) is 10.6 Å². The third-order valence-corrected chi connectivity index (χ3v) is 5.42. The number of benzene rings is 1. The summed E-state index contributed by atoms with van der Waals surface area (Å²) < 4.78 is 35.2. The highest BCUT2D eigenvalue weighted by atomic mass is 32.2. The summed E-state index contributed by atoms with van der Waals surface area (Å²) >= 11 is 0. The molecule has 1 N–H and O–H groups in total. The summed E-state index contributed by atoms with van der Waals surface area (Å²) in [6.07, 6.45) is 1.71. The lowest BCUT2D eigenvalue weighted by molar-refractivity contribution is 0.0926. The van der Waals surface area contributed by atoms with Gasteiger partial charge in [-0.05, 0) is 31.5 Å². The molecular formula is C17H24N2O5S. The number of carbonyl (C=O) groups is 1. The number of amides is 1. The second-order valence-electron chi connectivity index (χ2n) is 5.78. The molecule has 0 aliphatic heterocycles. The predicted octanol–water partition coefficient (Wildman–Crippen LogP) is 2.15. The van der Waals surface area contributed by atoms with Crippen molar-refractivity contribution in [3.05, 3.63) is 29.5 Å². The molecule has 2 aromatic rings. The molecular weight excluding hydrogens is 344 g/mol. The van der Waals surface area contributed by atoms with Crippen LogP contribution in [0.3, 0.4) is 0 Å². The van der Waals surface area contributed by atoms with Crippen molar-refractivity contribution in [3.63, 3.8) is 0 Å². The van der Waals surface area contributed by atoms with Crippen molar-refractivity contribution in [1.82, 2.24) is 9.62 Å². The highest BCUT2D eigenvalue weighted by molar-refractivity contribution is 7.88. The fourth-order valence-corrected chi connectivity index (χ4v) is 3.57. The number of hydrogen-bond acceptors (Lipinski definition) is 5. The first-order valence-corrected chi connectivity index (χ1v) is 9.93. The fraction of sp³-hybridized carbons (Fsp3) is 0.471. The molecule has 0 spiro atoms. The number of hydrogen-bond donors (Lipinski definition) is 1. The number of ether oxygens (including phenoxy) is 1. The standard InChI is InChI=1S/C17H24N2O5S/c1-5-19(25(4,21)22)10-6-9-18-17(20)16-12(2)14-11-13(23-3)7-8-15(14)24-16/h7-8,11H,5-6,9-10H2,1-4H3,(H,18,20). The third kappa shape index (κ3) is 4.52. The summed E-state index contributed by atoms with van der Waals surface area (Å²) in [6, 6.07) is 5.37. The molecule has 0 fully saturated rings. The van der Waals surface area contributed by atoms with Crippen LogP contribution >= 0.6 is 0 Å². The van der Waals surface area contributed by atoms with E-state index < -0.39 is 10.0 Å². The molecule has 0 unspecified atom stereocenters. The average Bonchev–Trinajstić information content (AvgIpc) is 2.89. The van der Waals surface area contributed by atoms with Crippen LogP contribution in [0.1, 0.15) is 29.5 Å². The Kier molecular flexibility index (Phi) is 6.07. The number of sulfonamides is 1. The Morgan fingerprint density at radius 3 is 2.68 bits per heavy atom. The number of rotatable bonds is 8. The maximum Gasteiger partial charge on any atom is 0.287 e. The molecule has 0 saturated carbocycles. The van der Waals surface area contributed by atoms with Crippen LogP contribution in [0.2, 0.25) is 0 Å². The third-order valence-electron chi connectivity index (χ3n) is 4.04. The molecule has 0 atom stereocenters. The molecule has 8 heteroatoms. The smallest absolute Gasteiger partial charge is 0.287 e. The van der Waals surface area contributed by atoms with Crippen molar-refractivity contribution in [2.24, 2.45) is 0 Å². The first-order valence-electron chi connectivity index (χ1n) is 8.08. The van der Waals surface area contributed by atoms with E-state index in [0.29, 0.717) is 37.4 Å². The number of methoxy groups -OCH3 is 1. The molecule has 1 amide bonds. The minimum absolute atomic E-state index is 0.263. The number of carbonyl (C=O) groups excluding carboxylic acids is 1. The van der Waals surface area contributed by atoms with Crippen molar-refractivity contribution < 1.29 is 22.4 Å². The van der Waals surface area contributed by atoms with Crippen molar-refractivity contribution in [1.29, 1.82) is 0 Å². The van der Waals surface area contributed by atoms with Gasteiger partial charge in [0.05, 0.1) is 13.4 Å². The Labute approximate surface area is 148 Å². The number of nitrogens with zero attached hydrogens (tertiary/aromatic N) is 1. The van der Waals surface area contributed by atoms with Crippen LogP contribution in [-0.2, 0) is 10.0 Å². The van der Waals surface area contributed by atoms with Gasteiger partial charge in [-0.15, -0.1) is 0 Å². The van der Waals surface area contributed by atoms with Gasteiger partial charge in [0, 0.05) is 30.6 Å². The Balaban J connectivity index is 1.99. The van der Waals surface area contributed by atoms with Gasteiger partial charge >= 0.3 is 0 Å². The van der Waals surface area contributed by atoms with Crippen LogP contribution in [0.15, 0.2) is 22.6 Å². The monoisotopic (exact) mass is 368 g/mol. The van der Waals surface area contributed by atoms with Crippen molar-refractivity contribution in [2.75, 3.05) is 33.0 Å². The number of fused-ring (bicyclic) bond motifs is 1. The van der Waals surface area contributed by atoms with Crippen LogP contribution in [0.5, 0.6) is 5.75 Å². The SMILES string of the molecule is CCN(CCCNC(=O)c1oc2ccc(OC)cc2c1C)S(C)(=O)=O. The Bertz CT molecular complexity index is 857. The zero-order valence-corrected chi connectivity index (χ0v) is 15.8. The minimum atomic E-state index is -3.21. The molecule has 7 nitrogen and oxygen atoms in total. The second kappa shape index (κ2) is 7.88. The molecule has 0 aliphatic carbocycles. The summed E-state index contributed by atoms with van der Waals surface area (Å²) in [5, 5.41) is 3.61. The Morgan fingerprint density at radius 2 is 2.08 bits per heavy atom. The Morgan fingerprint density at radius 1 is 1.36 bits per heavy atom. The van der Waals surface area contributed by atoms with Gasteiger partial charge in [-0.3, -0.25) is 4.79 Å². The second-order valence-corrected chi connectivity index (χ2v) is 7.76. The molecule has 1 aromatic heterocycles. The largest absolute Gasteiger partial charge is 0.497 e. The lowest BCUT2D eigenvalue weighted by Crippen LogP contribution is -2.33. The highest BCUT2D eigenvalue weighted by Crippen LogP contribution is 2.28. The minimum Gasteiger partial charge on any atom is -0.497 e. The van der Waals surface area contributed by atoms with Crippen molar-refractivity contribution in [2.45, 2.75) is 20.3 Å². The van der Waals surface area contributed by atoms with Gasteiger partial charge in [-0.1, -0.05) is 6.92 Å². The van der Waals surface area contributed by atoms with Gasteiger partial charge in [0.25, 0.3) is 5.91 Å².